The van der Waals surface area contributed by atoms with Gasteiger partial charge in [-0.1, -0.05) is 6.92 Å². The molecule has 0 aliphatic carbocycles. The predicted molar refractivity (Wildman–Crippen MR) is 246 cm³/mol. The van der Waals surface area contributed by atoms with Gasteiger partial charge in [0.25, 0.3) is 16.7 Å². The molecule has 0 radical (unpaired) electrons. The zero-order valence-corrected chi connectivity index (χ0v) is 43.1. The van der Waals surface area contributed by atoms with Crippen molar-refractivity contribution in [3.8, 4) is 0 Å². The standard InChI is InChI=1S/C35H50N12O25P4/c1-4-7-63-8-15-16(67-31(22(15)49)47-14-44(2)21-29(47)42-34(37)43-30(21)52)9-65-74(56,57)71-76(60,61)72-75(58,59)66-11-18-25(26(62-3)33(69-18)46-13-40-20-27(36)38-12-39-28(20)46)70-73(54,55)64-10-17-23(50)24(51)32(68-17)45-6-5-19(48)41-35(45)53/h5-6,12-18,22-26,31-33,49-51H,4,7-11H2,1-3H3,(H9-,36,37,38,39,41,42,43,48,52,53,54,55,56,57,58,59,60,61)/p+1/t15-,16-,17-,18-,22-,23-,24-,25-,26-,31-,32-,33-/m1/s1. The third-order valence-corrected chi connectivity index (χ3v) is 17.0. The quantitative estimate of drug-likeness (QED) is 0.0174. The first-order valence-corrected chi connectivity index (χ1v) is 28.2. The Morgan fingerprint density at radius 2 is 1.37 bits per heavy atom. The van der Waals surface area contributed by atoms with E-state index in [0.717, 1.165) is 36.6 Å². The number of H-pyrrole nitrogens is 2. The Bertz CT molecular complexity index is 3300. The number of hydrogen-bond donors (Lipinski definition) is 11. The molecule has 0 amide bonds. The lowest BCUT2D eigenvalue weighted by atomic mass is 9.99. The second kappa shape index (κ2) is 22.6. The Hall–Kier alpha value is -4.62. The SMILES string of the molecule is CCCOC[C@H]1[C@@H](O)[C@H](n2c[n+](C)c3c(=O)[nH]c(N)nc32)O[C@@H]1COP(=O)(O)OP(=O)(O)OP(=O)(O)OC[C@H]1O[C@@H](n2cnc3c(N)ncnc32)[C@H](OC)[C@@H]1OP(=O)(O)OC[C@H]1O[C@@H](n2ccc(=O)[nH]c2=O)[C@H](O)[C@@H]1O. The van der Waals surface area contributed by atoms with E-state index >= 15 is 0 Å². The summed E-state index contributed by atoms with van der Waals surface area (Å²) in [6.45, 7) is -1.42. The van der Waals surface area contributed by atoms with E-state index < -0.39 is 141 Å². The van der Waals surface area contributed by atoms with Crippen LogP contribution in [0.15, 0.2) is 45.6 Å². The molecule has 13 N–H and O–H groups in total. The number of aromatic nitrogens is 10. The van der Waals surface area contributed by atoms with Gasteiger partial charge in [0.15, 0.2) is 23.9 Å². The number of aryl methyl sites for hydroxylation is 1. The number of rotatable bonds is 23. The molecule has 3 aliphatic rings. The monoisotopic (exact) mass is 1160 g/mol. The normalized spacial score (nSPS) is 30.1. The van der Waals surface area contributed by atoms with Crippen molar-refractivity contribution in [2.45, 2.75) is 80.9 Å². The molecule has 41 heteroatoms. The molecule has 0 saturated carbocycles. The summed E-state index contributed by atoms with van der Waals surface area (Å²) in [7, 11) is -20.8. The maximum absolute atomic E-state index is 13.6. The lowest BCUT2D eigenvalue weighted by Crippen LogP contribution is -2.38. The topological polar surface area (TPSA) is 516 Å². The summed E-state index contributed by atoms with van der Waals surface area (Å²) in [5, 5.41) is 32.7. The second-order valence-corrected chi connectivity index (χ2v) is 23.0. The van der Waals surface area contributed by atoms with Gasteiger partial charge in [-0.3, -0.25) is 46.8 Å². The van der Waals surface area contributed by atoms with Crippen LogP contribution in [0.1, 0.15) is 32.0 Å². The summed E-state index contributed by atoms with van der Waals surface area (Å²) in [6.07, 6.45) is -12.7. The number of aromatic amines is 2. The van der Waals surface area contributed by atoms with Crippen LogP contribution in [0.2, 0.25) is 0 Å². The fraction of sp³-hybridized carbons (Fsp3) is 0.600. The van der Waals surface area contributed by atoms with Gasteiger partial charge in [0, 0.05) is 31.9 Å². The van der Waals surface area contributed by atoms with Crippen LogP contribution in [0.5, 0.6) is 0 Å². The fourth-order valence-electron chi connectivity index (χ4n) is 8.44. The molecule has 8 heterocycles. The number of anilines is 2. The van der Waals surface area contributed by atoms with Crippen molar-refractivity contribution in [1.82, 2.24) is 43.6 Å². The largest absolute Gasteiger partial charge is 0.490 e. The van der Waals surface area contributed by atoms with E-state index in [-0.39, 0.29) is 47.3 Å². The maximum Gasteiger partial charge on any atom is 0.490 e. The number of ether oxygens (including phenoxy) is 5. The van der Waals surface area contributed by atoms with E-state index in [1.165, 1.54) is 27.1 Å². The number of nitrogen functional groups attached to an aromatic ring is 2. The van der Waals surface area contributed by atoms with Crippen LogP contribution < -0.4 is 32.8 Å². The zero-order valence-electron chi connectivity index (χ0n) is 39.6. The van der Waals surface area contributed by atoms with Crippen molar-refractivity contribution < 1.29 is 108 Å². The average Bonchev–Trinajstić information content (AvgIpc) is 4.16. The number of phosphoric ester groups is 3. The molecule has 420 valence electrons. The van der Waals surface area contributed by atoms with E-state index in [9.17, 15) is 67.5 Å². The first-order valence-electron chi connectivity index (χ1n) is 22.2. The molecule has 37 nitrogen and oxygen atoms in total. The molecule has 0 aromatic carbocycles. The van der Waals surface area contributed by atoms with Crippen LogP contribution in [0, 0.1) is 5.92 Å². The Kier molecular flexibility index (Phi) is 17.1. The number of fused-ring (bicyclic) bond motifs is 2. The summed E-state index contributed by atoms with van der Waals surface area (Å²) >= 11 is 0. The minimum atomic E-state index is -6.19. The first-order chi connectivity index (χ1) is 35.7. The smallest absolute Gasteiger partial charge is 0.387 e. The van der Waals surface area contributed by atoms with Crippen LogP contribution in [-0.2, 0) is 75.7 Å². The molecule has 0 bridgehead atoms. The maximum atomic E-state index is 13.6. The fourth-order valence-corrected chi connectivity index (χ4v) is 12.9. The number of methoxy groups -OCH3 is 1. The molecule has 3 fully saturated rings. The van der Waals surface area contributed by atoms with Crippen molar-refractivity contribution >= 4 is 65.4 Å². The number of nitrogens with zero attached hydrogens (tertiary/aromatic N) is 8. The lowest BCUT2D eigenvalue weighted by Gasteiger charge is -2.26. The van der Waals surface area contributed by atoms with Gasteiger partial charge in [-0.25, -0.2) is 42.6 Å². The first kappa shape index (κ1) is 57.6. The van der Waals surface area contributed by atoms with Gasteiger partial charge in [-0.15, -0.1) is 0 Å². The van der Waals surface area contributed by atoms with Gasteiger partial charge in [0.05, 0.1) is 45.9 Å². The van der Waals surface area contributed by atoms with Crippen LogP contribution in [0.3, 0.4) is 0 Å². The highest BCUT2D eigenvalue weighted by Crippen LogP contribution is 2.68. The van der Waals surface area contributed by atoms with E-state index in [0.29, 0.717) is 6.42 Å². The Balaban J connectivity index is 0.943. The summed E-state index contributed by atoms with van der Waals surface area (Å²) in [4.78, 5) is 99.8. The molecule has 8 rings (SSSR count). The molecule has 5 aromatic rings. The van der Waals surface area contributed by atoms with Crippen molar-refractivity contribution in [3.63, 3.8) is 0 Å². The third-order valence-electron chi connectivity index (χ3n) is 11.8. The van der Waals surface area contributed by atoms with Gasteiger partial charge in [0.1, 0.15) is 54.6 Å². The predicted octanol–water partition coefficient (Wildman–Crippen LogP) is -3.19. The van der Waals surface area contributed by atoms with Gasteiger partial charge >= 0.3 is 42.5 Å². The zero-order chi connectivity index (χ0) is 55.2. The summed E-state index contributed by atoms with van der Waals surface area (Å²) in [5.41, 5.74) is 9.34. The second-order valence-electron chi connectivity index (χ2n) is 17.0. The third kappa shape index (κ3) is 12.5. The molecule has 3 aliphatic heterocycles. The van der Waals surface area contributed by atoms with Crippen molar-refractivity contribution in [1.29, 1.82) is 0 Å². The number of aliphatic hydroxyl groups is 3. The lowest BCUT2D eigenvalue weighted by molar-refractivity contribution is -0.646. The number of hydrogen-bond acceptors (Lipinski definition) is 27. The van der Waals surface area contributed by atoms with E-state index in [2.05, 4.69) is 33.5 Å². The van der Waals surface area contributed by atoms with E-state index in [1.54, 1.807) is 6.92 Å². The molecule has 3 saturated heterocycles. The van der Waals surface area contributed by atoms with E-state index in [1.807, 2.05) is 4.98 Å². The number of nitrogens with two attached hydrogens (primary N) is 2. The number of aliphatic hydroxyl groups excluding tert-OH is 3. The molecule has 0 spiro atoms. The summed E-state index contributed by atoms with van der Waals surface area (Å²) in [6, 6.07) is 0.927. The van der Waals surface area contributed by atoms with Crippen molar-refractivity contribution in [2.75, 3.05) is 51.6 Å². The highest BCUT2D eigenvalue weighted by atomic mass is 31.3. The van der Waals surface area contributed by atoms with Crippen LogP contribution >= 0.6 is 31.3 Å². The van der Waals surface area contributed by atoms with Crippen LogP contribution in [0.25, 0.3) is 22.3 Å². The van der Waals surface area contributed by atoms with Crippen LogP contribution in [-0.4, -0.2) is 167 Å². The van der Waals surface area contributed by atoms with Gasteiger partial charge in [0.2, 0.25) is 18.5 Å². The summed E-state index contributed by atoms with van der Waals surface area (Å²) < 4.78 is 115. The highest BCUT2D eigenvalue weighted by Gasteiger charge is 2.54. The molecular weight excluding hydrogens is 1110 g/mol. The van der Waals surface area contributed by atoms with Crippen LogP contribution in [0.4, 0.5) is 11.8 Å². The van der Waals surface area contributed by atoms with Gasteiger partial charge < -0.3 is 70.0 Å². The summed E-state index contributed by atoms with van der Waals surface area (Å²) in [5.74, 6) is -1.38. The highest BCUT2D eigenvalue weighted by molar-refractivity contribution is 7.66. The van der Waals surface area contributed by atoms with Crippen molar-refractivity contribution in [3.05, 3.63) is 62.4 Å². The molecule has 4 unspecified atom stereocenters. The van der Waals surface area contributed by atoms with E-state index in [4.69, 9.17) is 53.2 Å². The Morgan fingerprint density at radius 3 is 2.04 bits per heavy atom. The van der Waals surface area contributed by atoms with Gasteiger partial charge in [-0.05, 0) is 6.42 Å². The molecule has 16 atom stereocenters. The van der Waals surface area contributed by atoms with Crippen molar-refractivity contribution in [2.24, 2.45) is 13.0 Å². The number of phosphoric acid groups is 4. The molecular formula is C35H51N12O25P4+. The van der Waals surface area contributed by atoms with Gasteiger partial charge in [-0.2, -0.15) is 18.2 Å². The molecule has 76 heavy (non-hydrogen) atoms. The number of imidazole rings is 2. The minimum absolute atomic E-state index is 0.0100. The molecule has 5 aromatic heterocycles. The number of nitrogens with one attached hydrogen (secondary N) is 2. The Morgan fingerprint density at radius 1 is 0.737 bits per heavy atom. The minimum Gasteiger partial charge on any atom is -0.387 e. The average molecular weight is 1160 g/mol. The Labute approximate surface area is 424 Å².